The summed E-state index contributed by atoms with van der Waals surface area (Å²) in [7, 11) is -1.08. The Bertz CT molecular complexity index is 983. The van der Waals surface area contributed by atoms with E-state index >= 15 is 0 Å². The Morgan fingerprint density at radius 2 is 1.93 bits per heavy atom. The van der Waals surface area contributed by atoms with E-state index in [2.05, 4.69) is 10.7 Å². The van der Waals surface area contributed by atoms with E-state index in [1.54, 1.807) is 36.7 Å². The van der Waals surface area contributed by atoms with E-state index in [0.717, 1.165) is 5.56 Å². The number of nitrogens with one attached hydrogen (secondary N) is 2. The van der Waals surface area contributed by atoms with Crippen molar-refractivity contribution < 1.29 is 13.4 Å². The van der Waals surface area contributed by atoms with Gasteiger partial charge in [0.15, 0.2) is 5.78 Å². The summed E-state index contributed by atoms with van der Waals surface area (Å²) in [6.45, 7) is 4.12. The van der Waals surface area contributed by atoms with Crippen molar-refractivity contribution in [2.75, 3.05) is 18.1 Å². The van der Waals surface area contributed by atoms with Crippen LogP contribution in [-0.2, 0) is 15.6 Å². The summed E-state index contributed by atoms with van der Waals surface area (Å²) in [5, 5.41) is 5.00. The second kappa shape index (κ2) is 8.39. The largest absolute Gasteiger partial charge is 0.354 e. The molecule has 0 aliphatic carbocycles. The van der Waals surface area contributed by atoms with Gasteiger partial charge < -0.3 is 5.32 Å². The monoisotopic (exact) mass is 399 g/mol. The Hall–Kier alpha value is -2.93. The summed E-state index contributed by atoms with van der Waals surface area (Å²) in [6.07, 6.45) is 3.41. The molecule has 1 aliphatic rings. The van der Waals surface area contributed by atoms with Crippen molar-refractivity contribution in [3.63, 3.8) is 0 Å². The SMILES string of the molecule is CCN1C=C(Nc2cccc(F)c2)C(C(C)=O)=C(c2ccc(S(C)=O)cc2)N1. The fraction of sp³-hybridized carbons (Fsp3) is 0.190. The lowest BCUT2D eigenvalue weighted by atomic mass is 9.99. The van der Waals surface area contributed by atoms with E-state index in [9.17, 15) is 13.4 Å². The number of hydrazine groups is 1. The molecule has 146 valence electrons. The Labute approximate surface area is 166 Å². The van der Waals surface area contributed by atoms with Crippen LogP contribution in [0.3, 0.4) is 0 Å². The second-order valence-electron chi connectivity index (χ2n) is 6.36. The molecule has 0 aromatic heterocycles. The highest BCUT2D eigenvalue weighted by Crippen LogP contribution is 2.29. The van der Waals surface area contributed by atoms with Crippen molar-refractivity contribution in [2.24, 2.45) is 0 Å². The fourth-order valence-electron chi connectivity index (χ4n) is 2.96. The number of hydrogen-bond donors (Lipinski definition) is 2. The van der Waals surface area contributed by atoms with Crippen molar-refractivity contribution in [3.8, 4) is 0 Å². The number of hydrogen-bond acceptors (Lipinski definition) is 5. The van der Waals surface area contributed by atoms with Crippen molar-refractivity contribution in [2.45, 2.75) is 18.7 Å². The molecule has 2 N–H and O–H groups in total. The Morgan fingerprint density at radius 3 is 2.50 bits per heavy atom. The van der Waals surface area contributed by atoms with E-state index in [0.29, 0.717) is 34.1 Å². The van der Waals surface area contributed by atoms with Gasteiger partial charge in [0, 0.05) is 45.9 Å². The van der Waals surface area contributed by atoms with Crippen LogP contribution in [0.25, 0.3) is 5.70 Å². The van der Waals surface area contributed by atoms with Gasteiger partial charge in [-0.05, 0) is 44.2 Å². The van der Waals surface area contributed by atoms with Crippen molar-refractivity contribution in [1.29, 1.82) is 0 Å². The molecule has 28 heavy (non-hydrogen) atoms. The first-order valence-electron chi connectivity index (χ1n) is 8.86. The first-order chi connectivity index (χ1) is 13.4. The molecule has 0 fully saturated rings. The van der Waals surface area contributed by atoms with Crippen molar-refractivity contribution in [1.82, 2.24) is 10.4 Å². The van der Waals surface area contributed by atoms with E-state index < -0.39 is 10.8 Å². The van der Waals surface area contributed by atoms with E-state index in [1.807, 2.05) is 24.1 Å². The van der Waals surface area contributed by atoms with E-state index in [4.69, 9.17) is 0 Å². The van der Waals surface area contributed by atoms with E-state index in [1.165, 1.54) is 19.1 Å². The highest BCUT2D eigenvalue weighted by atomic mass is 32.2. The average molecular weight is 399 g/mol. The summed E-state index contributed by atoms with van der Waals surface area (Å²) < 4.78 is 25.2. The van der Waals surface area contributed by atoms with Crippen LogP contribution in [0.2, 0.25) is 0 Å². The quantitative estimate of drug-likeness (QED) is 0.776. The van der Waals surface area contributed by atoms with Crippen LogP contribution in [0.1, 0.15) is 19.4 Å². The smallest absolute Gasteiger partial charge is 0.164 e. The number of benzene rings is 2. The summed E-state index contributed by atoms with van der Waals surface area (Å²) in [4.78, 5) is 13.2. The summed E-state index contributed by atoms with van der Waals surface area (Å²) in [5.41, 5.74) is 6.30. The molecule has 7 heteroatoms. The number of halogens is 1. The average Bonchev–Trinajstić information content (AvgIpc) is 2.67. The van der Waals surface area contributed by atoms with Crippen LogP contribution < -0.4 is 10.7 Å². The van der Waals surface area contributed by atoms with Crippen molar-refractivity contribution >= 4 is 28.0 Å². The normalized spacial score (nSPS) is 15.0. The molecule has 5 nitrogen and oxygen atoms in total. The molecule has 0 saturated carbocycles. The van der Waals surface area contributed by atoms with Crippen LogP contribution in [-0.4, -0.2) is 27.8 Å². The number of ketones is 1. The fourth-order valence-corrected chi connectivity index (χ4v) is 3.48. The molecule has 1 heterocycles. The van der Waals surface area contributed by atoms with Gasteiger partial charge in [-0.25, -0.2) is 4.39 Å². The minimum absolute atomic E-state index is 0.128. The zero-order valence-electron chi connectivity index (χ0n) is 16.0. The summed E-state index contributed by atoms with van der Waals surface area (Å²) >= 11 is 0. The molecule has 0 bridgehead atoms. The van der Waals surface area contributed by atoms with Crippen LogP contribution in [0.5, 0.6) is 0 Å². The van der Waals surface area contributed by atoms with Crippen LogP contribution in [0.15, 0.2) is 70.9 Å². The Kier molecular flexibility index (Phi) is 5.94. The van der Waals surface area contributed by atoms with Gasteiger partial charge in [0.05, 0.1) is 17.0 Å². The molecule has 2 aromatic rings. The first kappa shape index (κ1) is 19.8. The first-order valence-corrected chi connectivity index (χ1v) is 10.4. The predicted molar refractivity (Wildman–Crippen MR) is 110 cm³/mol. The molecule has 1 atom stereocenters. The molecule has 1 aliphatic heterocycles. The highest BCUT2D eigenvalue weighted by Gasteiger charge is 2.24. The second-order valence-corrected chi connectivity index (χ2v) is 7.74. The summed E-state index contributed by atoms with van der Waals surface area (Å²) in [6, 6.07) is 13.3. The van der Waals surface area contributed by atoms with Gasteiger partial charge in [-0.1, -0.05) is 18.2 Å². The molecular formula is C21H22FN3O2S. The zero-order valence-corrected chi connectivity index (χ0v) is 16.8. The number of Topliss-reactive ketones (excluding diaryl/α,β-unsaturated/α-hetero) is 1. The van der Waals surface area contributed by atoms with Crippen LogP contribution in [0.4, 0.5) is 10.1 Å². The molecule has 3 rings (SSSR count). The number of anilines is 1. The summed E-state index contributed by atoms with van der Waals surface area (Å²) in [5.74, 6) is -0.486. The number of rotatable bonds is 6. The Morgan fingerprint density at radius 1 is 1.21 bits per heavy atom. The van der Waals surface area contributed by atoms with Gasteiger partial charge in [-0.2, -0.15) is 0 Å². The number of carbonyl (C=O) groups excluding carboxylic acids is 1. The lowest BCUT2D eigenvalue weighted by Gasteiger charge is -2.31. The van der Waals surface area contributed by atoms with Crippen LogP contribution in [0, 0.1) is 5.82 Å². The van der Waals surface area contributed by atoms with Gasteiger partial charge >= 0.3 is 0 Å². The molecule has 0 amide bonds. The number of nitrogens with zero attached hydrogens (tertiary/aromatic N) is 1. The molecular weight excluding hydrogens is 377 g/mol. The van der Waals surface area contributed by atoms with Gasteiger partial charge in [-0.15, -0.1) is 0 Å². The standard InChI is InChI=1S/C21H22FN3O2S/c1-4-25-13-19(23-17-7-5-6-16(22)12-17)20(14(2)26)21(24-25)15-8-10-18(11-9-15)28(3)27/h5-13,23-24H,4H2,1-3H3. The predicted octanol–water partition coefficient (Wildman–Crippen LogP) is 3.66. The van der Waals surface area contributed by atoms with Gasteiger partial charge in [0.2, 0.25) is 0 Å². The van der Waals surface area contributed by atoms with Crippen LogP contribution >= 0.6 is 0 Å². The lowest BCUT2D eigenvalue weighted by molar-refractivity contribution is -0.113. The zero-order chi connectivity index (χ0) is 20.3. The third-order valence-electron chi connectivity index (χ3n) is 4.33. The maximum atomic E-state index is 13.6. The van der Waals surface area contributed by atoms with Gasteiger partial charge in [-0.3, -0.25) is 19.4 Å². The molecule has 1 unspecified atom stereocenters. The molecule has 0 radical (unpaired) electrons. The molecule has 0 saturated heterocycles. The number of allylic oxidation sites excluding steroid dienone is 1. The molecule has 0 spiro atoms. The van der Waals surface area contributed by atoms with E-state index in [-0.39, 0.29) is 11.6 Å². The van der Waals surface area contributed by atoms with Gasteiger partial charge in [0.25, 0.3) is 0 Å². The molecule has 2 aromatic carbocycles. The Balaban J connectivity index is 2.07. The number of carbonyl (C=O) groups is 1. The third-order valence-corrected chi connectivity index (χ3v) is 5.27. The third kappa shape index (κ3) is 4.31. The minimum atomic E-state index is -1.08. The maximum absolute atomic E-state index is 13.6. The topological polar surface area (TPSA) is 61.4 Å². The maximum Gasteiger partial charge on any atom is 0.164 e. The van der Waals surface area contributed by atoms with Gasteiger partial charge in [0.1, 0.15) is 5.82 Å². The van der Waals surface area contributed by atoms with Crippen molar-refractivity contribution in [3.05, 3.63) is 77.4 Å². The highest BCUT2D eigenvalue weighted by molar-refractivity contribution is 7.84. The lowest BCUT2D eigenvalue weighted by Crippen LogP contribution is -2.38. The minimum Gasteiger partial charge on any atom is -0.354 e.